The molecule has 6 nitrogen and oxygen atoms in total. The molecule has 1 heterocycles. The maximum absolute atomic E-state index is 12.8. The predicted molar refractivity (Wildman–Crippen MR) is 94.1 cm³/mol. The maximum atomic E-state index is 12.8. The van der Waals surface area contributed by atoms with Gasteiger partial charge in [-0.25, -0.2) is 0 Å². The molecular formula is C19H24N2O4. The molecule has 0 saturated carbocycles. The number of amides is 2. The molecule has 1 aromatic heterocycles. The zero-order chi connectivity index (χ0) is 18.1. The van der Waals surface area contributed by atoms with Crippen molar-refractivity contribution in [2.24, 2.45) is 0 Å². The van der Waals surface area contributed by atoms with Gasteiger partial charge in [-0.2, -0.15) is 0 Å². The van der Waals surface area contributed by atoms with Gasteiger partial charge in [0.25, 0.3) is 5.91 Å². The molecule has 25 heavy (non-hydrogen) atoms. The van der Waals surface area contributed by atoms with E-state index >= 15 is 0 Å². The monoisotopic (exact) mass is 344 g/mol. The summed E-state index contributed by atoms with van der Waals surface area (Å²) in [5, 5.41) is 2.77. The predicted octanol–water partition coefficient (Wildman–Crippen LogP) is 2.38. The number of furan rings is 1. The van der Waals surface area contributed by atoms with Crippen LogP contribution < -0.4 is 5.32 Å². The van der Waals surface area contributed by atoms with Crippen molar-refractivity contribution in [3.63, 3.8) is 0 Å². The summed E-state index contributed by atoms with van der Waals surface area (Å²) in [6.07, 6.45) is 1.74. The lowest BCUT2D eigenvalue weighted by Crippen LogP contribution is -2.35. The van der Waals surface area contributed by atoms with Crippen LogP contribution in [0.1, 0.15) is 28.1 Å². The van der Waals surface area contributed by atoms with E-state index in [2.05, 4.69) is 5.32 Å². The highest BCUT2D eigenvalue weighted by molar-refractivity contribution is 5.95. The van der Waals surface area contributed by atoms with Gasteiger partial charge >= 0.3 is 0 Å². The van der Waals surface area contributed by atoms with E-state index in [9.17, 15) is 9.59 Å². The highest BCUT2D eigenvalue weighted by Gasteiger charge is 2.20. The molecule has 2 aromatic rings. The standard InChI is InChI=1S/C19H24N2O4/c1-15-17(9-12-25-15)19(23)21(14-16-6-4-3-5-7-16)11-8-18(22)20-10-13-24-2/h3-7,9,12H,8,10-11,13-14H2,1-2H3,(H,20,22). The first kappa shape index (κ1) is 18.7. The van der Waals surface area contributed by atoms with Gasteiger partial charge in [-0.3, -0.25) is 9.59 Å². The third kappa shape index (κ3) is 5.76. The Morgan fingerprint density at radius 1 is 1.20 bits per heavy atom. The molecule has 0 spiro atoms. The first-order chi connectivity index (χ1) is 12.1. The van der Waals surface area contributed by atoms with E-state index < -0.39 is 0 Å². The summed E-state index contributed by atoms with van der Waals surface area (Å²) in [7, 11) is 1.58. The van der Waals surface area contributed by atoms with Crippen molar-refractivity contribution >= 4 is 11.8 Å². The molecule has 0 atom stereocenters. The van der Waals surface area contributed by atoms with Gasteiger partial charge < -0.3 is 19.4 Å². The Labute approximate surface area is 147 Å². The van der Waals surface area contributed by atoms with Gasteiger partial charge in [0.2, 0.25) is 5.91 Å². The van der Waals surface area contributed by atoms with Crippen molar-refractivity contribution in [2.45, 2.75) is 19.9 Å². The first-order valence-electron chi connectivity index (χ1n) is 8.24. The third-order valence-electron chi connectivity index (χ3n) is 3.83. The summed E-state index contributed by atoms with van der Waals surface area (Å²) in [6, 6.07) is 11.4. The second-order valence-corrected chi connectivity index (χ2v) is 5.70. The molecule has 6 heteroatoms. The zero-order valence-corrected chi connectivity index (χ0v) is 14.7. The molecule has 0 unspecified atom stereocenters. The van der Waals surface area contributed by atoms with E-state index in [1.54, 1.807) is 25.0 Å². The summed E-state index contributed by atoms with van der Waals surface area (Å²) in [5.41, 5.74) is 1.53. The number of rotatable bonds is 9. The van der Waals surface area contributed by atoms with E-state index in [-0.39, 0.29) is 18.2 Å². The van der Waals surface area contributed by atoms with Crippen LogP contribution in [0.2, 0.25) is 0 Å². The molecule has 0 aliphatic heterocycles. The van der Waals surface area contributed by atoms with Crippen LogP contribution >= 0.6 is 0 Å². The van der Waals surface area contributed by atoms with Crippen LogP contribution in [-0.2, 0) is 16.1 Å². The fraction of sp³-hybridized carbons (Fsp3) is 0.368. The normalized spacial score (nSPS) is 10.5. The lowest BCUT2D eigenvalue weighted by atomic mass is 10.1. The molecule has 2 rings (SSSR count). The van der Waals surface area contributed by atoms with Crippen molar-refractivity contribution in [1.82, 2.24) is 10.2 Å². The molecule has 0 radical (unpaired) electrons. The second kappa shape index (κ2) is 9.64. The van der Waals surface area contributed by atoms with Crippen molar-refractivity contribution in [3.8, 4) is 0 Å². The minimum Gasteiger partial charge on any atom is -0.469 e. The third-order valence-corrected chi connectivity index (χ3v) is 3.83. The van der Waals surface area contributed by atoms with Crippen LogP contribution in [0.15, 0.2) is 47.1 Å². The molecular weight excluding hydrogens is 320 g/mol. The van der Waals surface area contributed by atoms with Crippen molar-refractivity contribution in [2.75, 3.05) is 26.8 Å². The van der Waals surface area contributed by atoms with Crippen LogP contribution in [0.3, 0.4) is 0 Å². The van der Waals surface area contributed by atoms with Crippen LogP contribution in [-0.4, -0.2) is 43.5 Å². The molecule has 1 N–H and O–H groups in total. The topological polar surface area (TPSA) is 71.8 Å². The Bertz CT molecular complexity index is 682. The number of benzene rings is 1. The minimum absolute atomic E-state index is 0.105. The number of carbonyl (C=O) groups excluding carboxylic acids is 2. The lowest BCUT2D eigenvalue weighted by Gasteiger charge is -2.22. The number of nitrogens with one attached hydrogen (secondary N) is 1. The Balaban J connectivity index is 2.03. The van der Waals surface area contributed by atoms with Crippen molar-refractivity contribution < 1.29 is 18.7 Å². The number of hydrogen-bond acceptors (Lipinski definition) is 4. The van der Waals surface area contributed by atoms with Gasteiger partial charge in [-0.05, 0) is 18.6 Å². The SMILES string of the molecule is COCCNC(=O)CCN(Cc1ccccc1)C(=O)c1ccoc1C. The smallest absolute Gasteiger partial charge is 0.257 e. The molecule has 0 aliphatic carbocycles. The van der Waals surface area contributed by atoms with Crippen LogP contribution in [0.5, 0.6) is 0 Å². The second-order valence-electron chi connectivity index (χ2n) is 5.70. The molecule has 0 fully saturated rings. The average Bonchev–Trinajstić information content (AvgIpc) is 3.05. The Hall–Kier alpha value is -2.60. The van der Waals surface area contributed by atoms with Crippen LogP contribution in [0, 0.1) is 6.92 Å². The largest absolute Gasteiger partial charge is 0.469 e. The van der Waals surface area contributed by atoms with Gasteiger partial charge in [-0.15, -0.1) is 0 Å². The Kier molecular flexibility index (Phi) is 7.22. The molecule has 0 saturated heterocycles. The summed E-state index contributed by atoms with van der Waals surface area (Å²) in [5.74, 6) is 0.333. The van der Waals surface area contributed by atoms with Crippen molar-refractivity contribution in [1.29, 1.82) is 0 Å². The zero-order valence-electron chi connectivity index (χ0n) is 14.7. The number of carbonyl (C=O) groups is 2. The summed E-state index contributed by atoms with van der Waals surface area (Å²) >= 11 is 0. The fourth-order valence-corrected chi connectivity index (χ4v) is 2.45. The highest BCUT2D eigenvalue weighted by Crippen LogP contribution is 2.15. The van der Waals surface area contributed by atoms with E-state index in [4.69, 9.17) is 9.15 Å². The highest BCUT2D eigenvalue weighted by atomic mass is 16.5. The van der Waals surface area contributed by atoms with Gasteiger partial charge in [0, 0.05) is 33.2 Å². The maximum Gasteiger partial charge on any atom is 0.257 e. The summed E-state index contributed by atoms with van der Waals surface area (Å²) in [4.78, 5) is 26.4. The van der Waals surface area contributed by atoms with Gasteiger partial charge in [0.05, 0.1) is 18.4 Å². The average molecular weight is 344 g/mol. The van der Waals surface area contributed by atoms with Gasteiger partial charge in [0.1, 0.15) is 5.76 Å². The Morgan fingerprint density at radius 2 is 1.96 bits per heavy atom. The number of ether oxygens (including phenoxy) is 1. The molecule has 134 valence electrons. The van der Waals surface area contributed by atoms with E-state index in [1.165, 1.54) is 6.26 Å². The van der Waals surface area contributed by atoms with E-state index in [0.29, 0.717) is 37.6 Å². The van der Waals surface area contributed by atoms with Crippen LogP contribution in [0.4, 0.5) is 0 Å². The van der Waals surface area contributed by atoms with Crippen LogP contribution in [0.25, 0.3) is 0 Å². The quantitative estimate of drug-likeness (QED) is 0.709. The molecule has 0 bridgehead atoms. The molecule has 1 aromatic carbocycles. The number of hydrogen-bond donors (Lipinski definition) is 1. The fourth-order valence-electron chi connectivity index (χ4n) is 2.45. The Morgan fingerprint density at radius 3 is 2.60 bits per heavy atom. The number of methoxy groups -OCH3 is 1. The van der Waals surface area contributed by atoms with E-state index in [1.807, 2.05) is 30.3 Å². The summed E-state index contributed by atoms with van der Waals surface area (Å²) < 4.78 is 10.1. The molecule has 2 amide bonds. The lowest BCUT2D eigenvalue weighted by molar-refractivity contribution is -0.121. The number of aryl methyl sites for hydroxylation is 1. The minimum atomic E-state index is -0.139. The van der Waals surface area contributed by atoms with Crippen molar-refractivity contribution in [3.05, 3.63) is 59.5 Å². The number of nitrogens with zero attached hydrogens (tertiary/aromatic N) is 1. The van der Waals surface area contributed by atoms with E-state index in [0.717, 1.165) is 5.56 Å². The van der Waals surface area contributed by atoms with Gasteiger partial charge in [0.15, 0.2) is 0 Å². The first-order valence-corrected chi connectivity index (χ1v) is 8.24. The molecule has 0 aliphatic rings. The van der Waals surface area contributed by atoms with Gasteiger partial charge in [-0.1, -0.05) is 30.3 Å². The summed E-state index contributed by atoms with van der Waals surface area (Å²) in [6.45, 7) is 3.45.